The van der Waals surface area contributed by atoms with E-state index in [4.69, 9.17) is 0 Å². The summed E-state index contributed by atoms with van der Waals surface area (Å²) >= 11 is 1.68. The smallest absolute Gasteiger partial charge is 0.317 e. The molecule has 1 rings (SSSR count). The van der Waals surface area contributed by atoms with Crippen LogP contribution in [0.25, 0.3) is 0 Å². The van der Waals surface area contributed by atoms with Crippen molar-refractivity contribution in [2.45, 2.75) is 13.0 Å². The Morgan fingerprint density at radius 3 is 2.50 bits per heavy atom. The summed E-state index contributed by atoms with van der Waals surface area (Å²) < 4.78 is 0. The van der Waals surface area contributed by atoms with Crippen LogP contribution in [0.5, 0.6) is 0 Å². The minimum atomic E-state index is -0.234. The minimum absolute atomic E-state index is 0.0654. The summed E-state index contributed by atoms with van der Waals surface area (Å²) in [5.41, 5.74) is 0. The number of carbonyl (C=O) groups excluding carboxylic acids is 2. The van der Waals surface area contributed by atoms with Gasteiger partial charge in [-0.1, -0.05) is 13.0 Å². The van der Waals surface area contributed by atoms with Crippen LogP contribution in [0.4, 0.5) is 4.79 Å². The lowest BCUT2D eigenvalue weighted by molar-refractivity contribution is -0.124. The van der Waals surface area contributed by atoms with E-state index >= 15 is 0 Å². The normalized spacial score (nSPS) is 13.5. The number of amides is 3. The van der Waals surface area contributed by atoms with Crippen LogP contribution < -0.4 is 10.6 Å². The van der Waals surface area contributed by atoms with Crippen molar-refractivity contribution in [3.63, 3.8) is 0 Å². The van der Waals surface area contributed by atoms with E-state index < -0.39 is 0 Å². The van der Waals surface area contributed by atoms with Gasteiger partial charge in [0, 0.05) is 32.1 Å². The van der Waals surface area contributed by atoms with Gasteiger partial charge in [-0.3, -0.25) is 4.79 Å². The zero-order valence-corrected chi connectivity index (χ0v) is 14.7. The molecule has 0 bridgehead atoms. The SMILES string of the molecule is CNC(=O)C(C)CN(C)C(=O)NCC(c1cccs1)N(C)C. The molecule has 2 atom stereocenters. The Kier molecular flexibility index (Phi) is 7.34. The van der Waals surface area contributed by atoms with Gasteiger partial charge in [-0.05, 0) is 25.5 Å². The monoisotopic (exact) mass is 326 g/mol. The number of carbonyl (C=O) groups is 2. The standard InChI is InChI=1S/C15H26N4O2S/c1-11(14(20)16-2)10-19(5)15(21)17-9-12(18(3)4)13-7-6-8-22-13/h6-8,11-12H,9-10H2,1-5H3,(H,16,20)(H,17,21). The van der Waals surface area contributed by atoms with Crippen molar-refractivity contribution in [1.29, 1.82) is 0 Å². The minimum Gasteiger partial charge on any atom is -0.359 e. The molecule has 0 radical (unpaired) electrons. The van der Waals surface area contributed by atoms with Crippen molar-refractivity contribution in [1.82, 2.24) is 20.4 Å². The van der Waals surface area contributed by atoms with E-state index in [0.717, 1.165) is 0 Å². The highest BCUT2D eigenvalue weighted by Crippen LogP contribution is 2.22. The Labute approximate surface area is 136 Å². The molecule has 0 saturated heterocycles. The largest absolute Gasteiger partial charge is 0.359 e. The van der Waals surface area contributed by atoms with Gasteiger partial charge in [0.15, 0.2) is 0 Å². The van der Waals surface area contributed by atoms with Crippen molar-refractivity contribution in [3.8, 4) is 0 Å². The van der Waals surface area contributed by atoms with Gasteiger partial charge in [0.1, 0.15) is 0 Å². The average Bonchev–Trinajstić information content (AvgIpc) is 2.99. The molecular weight excluding hydrogens is 300 g/mol. The molecule has 2 N–H and O–H groups in total. The Morgan fingerprint density at radius 1 is 1.32 bits per heavy atom. The van der Waals surface area contributed by atoms with Crippen molar-refractivity contribution in [2.75, 3.05) is 41.3 Å². The molecule has 0 aromatic carbocycles. The van der Waals surface area contributed by atoms with Crippen LogP contribution in [-0.4, -0.2) is 63.0 Å². The van der Waals surface area contributed by atoms with E-state index in [1.54, 1.807) is 37.3 Å². The third-order valence-electron chi connectivity index (χ3n) is 3.53. The van der Waals surface area contributed by atoms with Gasteiger partial charge >= 0.3 is 6.03 Å². The number of thiophene rings is 1. The first-order chi connectivity index (χ1) is 10.4. The number of urea groups is 1. The van der Waals surface area contributed by atoms with E-state index in [9.17, 15) is 9.59 Å². The quantitative estimate of drug-likeness (QED) is 0.795. The predicted octanol–water partition coefficient (Wildman–Crippen LogP) is 1.37. The lowest BCUT2D eigenvalue weighted by Gasteiger charge is -2.26. The van der Waals surface area contributed by atoms with Crippen LogP contribution in [0.15, 0.2) is 17.5 Å². The van der Waals surface area contributed by atoms with Gasteiger partial charge in [-0.25, -0.2) is 4.79 Å². The maximum absolute atomic E-state index is 12.2. The van der Waals surface area contributed by atoms with Gasteiger partial charge < -0.3 is 20.4 Å². The first-order valence-corrected chi connectivity index (χ1v) is 8.15. The van der Waals surface area contributed by atoms with Crippen molar-refractivity contribution < 1.29 is 9.59 Å². The third kappa shape index (κ3) is 5.31. The highest BCUT2D eigenvalue weighted by Gasteiger charge is 2.20. The number of nitrogens with zero attached hydrogens (tertiary/aromatic N) is 2. The molecule has 0 spiro atoms. The molecule has 0 fully saturated rings. The zero-order valence-electron chi connectivity index (χ0n) is 13.9. The zero-order chi connectivity index (χ0) is 16.7. The average molecular weight is 326 g/mol. The highest BCUT2D eigenvalue weighted by molar-refractivity contribution is 7.10. The number of likely N-dealkylation sites (N-methyl/N-ethyl adjacent to an activating group) is 1. The molecule has 22 heavy (non-hydrogen) atoms. The molecule has 0 saturated carbocycles. The topological polar surface area (TPSA) is 64.7 Å². The molecule has 6 nitrogen and oxygen atoms in total. The van der Waals surface area contributed by atoms with E-state index in [-0.39, 0.29) is 23.9 Å². The fourth-order valence-corrected chi connectivity index (χ4v) is 3.08. The van der Waals surface area contributed by atoms with Crippen LogP contribution in [0.1, 0.15) is 17.8 Å². The molecule has 2 unspecified atom stereocenters. The summed E-state index contributed by atoms with van der Waals surface area (Å²) in [6.45, 7) is 2.72. The van der Waals surface area contributed by atoms with E-state index in [0.29, 0.717) is 13.1 Å². The Bertz CT molecular complexity index is 476. The molecule has 124 valence electrons. The Morgan fingerprint density at radius 2 is 2.00 bits per heavy atom. The van der Waals surface area contributed by atoms with E-state index in [2.05, 4.69) is 21.6 Å². The molecule has 0 aliphatic carbocycles. The molecule has 1 aromatic rings. The number of hydrogen-bond donors (Lipinski definition) is 2. The van der Waals surface area contributed by atoms with Crippen LogP contribution >= 0.6 is 11.3 Å². The van der Waals surface area contributed by atoms with Crippen LogP contribution in [0.2, 0.25) is 0 Å². The molecule has 1 aromatic heterocycles. The molecule has 3 amide bonds. The number of hydrogen-bond acceptors (Lipinski definition) is 4. The first kappa shape index (κ1) is 18.4. The molecular formula is C15H26N4O2S. The predicted molar refractivity (Wildman–Crippen MR) is 90.0 cm³/mol. The molecule has 0 aliphatic rings. The summed E-state index contributed by atoms with van der Waals surface area (Å²) in [6, 6.07) is 4.06. The van der Waals surface area contributed by atoms with Gasteiger partial charge in [-0.2, -0.15) is 0 Å². The second-order valence-corrected chi connectivity index (χ2v) is 6.56. The van der Waals surface area contributed by atoms with Crippen LogP contribution in [0, 0.1) is 5.92 Å². The van der Waals surface area contributed by atoms with Crippen LogP contribution in [0.3, 0.4) is 0 Å². The fourth-order valence-electron chi connectivity index (χ4n) is 2.16. The lowest BCUT2D eigenvalue weighted by atomic mass is 10.1. The van der Waals surface area contributed by atoms with Gasteiger partial charge in [0.05, 0.1) is 12.0 Å². The van der Waals surface area contributed by atoms with E-state index in [1.807, 2.05) is 25.5 Å². The Hall–Kier alpha value is -1.60. The Balaban J connectivity index is 2.51. The fraction of sp³-hybridized carbons (Fsp3) is 0.600. The lowest BCUT2D eigenvalue weighted by Crippen LogP contribution is -2.44. The molecule has 7 heteroatoms. The van der Waals surface area contributed by atoms with Gasteiger partial charge in [0.25, 0.3) is 0 Å². The molecule has 1 heterocycles. The summed E-state index contributed by atoms with van der Waals surface area (Å²) in [7, 11) is 7.29. The summed E-state index contributed by atoms with van der Waals surface area (Å²) in [4.78, 5) is 28.5. The van der Waals surface area contributed by atoms with Crippen molar-refractivity contribution in [2.24, 2.45) is 5.92 Å². The second kappa shape index (κ2) is 8.75. The summed E-state index contributed by atoms with van der Waals surface area (Å²) in [5, 5.41) is 7.56. The third-order valence-corrected chi connectivity index (χ3v) is 4.50. The van der Waals surface area contributed by atoms with Gasteiger partial charge in [0.2, 0.25) is 5.91 Å². The summed E-state index contributed by atoms with van der Waals surface area (Å²) in [5.74, 6) is -0.299. The maximum Gasteiger partial charge on any atom is 0.317 e. The molecule has 0 aliphatic heterocycles. The first-order valence-electron chi connectivity index (χ1n) is 7.27. The van der Waals surface area contributed by atoms with Crippen molar-refractivity contribution in [3.05, 3.63) is 22.4 Å². The maximum atomic E-state index is 12.2. The second-order valence-electron chi connectivity index (χ2n) is 5.58. The summed E-state index contributed by atoms with van der Waals surface area (Å²) in [6.07, 6.45) is 0. The van der Waals surface area contributed by atoms with E-state index in [1.165, 1.54) is 4.88 Å². The number of nitrogens with one attached hydrogen (secondary N) is 2. The van der Waals surface area contributed by atoms with Crippen molar-refractivity contribution >= 4 is 23.3 Å². The van der Waals surface area contributed by atoms with Crippen LogP contribution in [-0.2, 0) is 4.79 Å². The number of rotatable bonds is 7. The van der Waals surface area contributed by atoms with Gasteiger partial charge in [-0.15, -0.1) is 11.3 Å². The highest BCUT2D eigenvalue weighted by atomic mass is 32.1.